The van der Waals surface area contributed by atoms with Crippen molar-refractivity contribution in [3.63, 3.8) is 0 Å². The van der Waals surface area contributed by atoms with Gasteiger partial charge in [-0.15, -0.1) is 11.3 Å². The molecule has 4 heteroatoms. The standard InChI is InChI=1S/C18H24N2OS/c1-17(2,3)16-20-14(11-22-16)10-19-12-18(21)9-8-13-6-4-5-7-15(13)18/h4-7,11,19,21H,8-10,12H2,1-3H3. The lowest BCUT2D eigenvalue weighted by atomic mass is 9.96. The lowest BCUT2D eigenvalue weighted by molar-refractivity contribution is 0.0384. The van der Waals surface area contributed by atoms with Crippen molar-refractivity contribution >= 4 is 11.3 Å². The van der Waals surface area contributed by atoms with E-state index in [1.54, 1.807) is 11.3 Å². The number of thiazole rings is 1. The summed E-state index contributed by atoms with van der Waals surface area (Å²) in [7, 11) is 0. The van der Waals surface area contributed by atoms with E-state index in [1.807, 2.05) is 18.2 Å². The van der Waals surface area contributed by atoms with Gasteiger partial charge in [-0.05, 0) is 24.0 Å². The second-order valence-corrected chi connectivity index (χ2v) is 8.04. The highest BCUT2D eigenvalue weighted by molar-refractivity contribution is 7.09. The Hall–Kier alpha value is -1.23. The van der Waals surface area contributed by atoms with Gasteiger partial charge in [-0.3, -0.25) is 0 Å². The predicted octanol–water partition coefficient (Wildman–Crippen LogP) is 3.36. The van der Waals surface area contributed by atoms with Crippen LogP contribution in [0, 0.1) is 0 Å². The predicted molar refractivity (Wildman–Crippen MR) is 91.2 cm³/mol. The first-order chi connectivity index (χ1) is 10.4. The molecular weight excluding hydrogens is 292 g/mol. The number of aromatic nitrogens is 1. The topological polar surface area (TPSA) is 45.2 Å². The second-order valence-electron chi connectivity index (χ2n) is 7.19. The van der Waals surface area contributed by atoms with E-state index in [4.69, 9.17) is 0 Å². The molecule has 118 valence electrons. The largest absolute Gasteiger partial charge is 0.384 e. The minimum absolute atomic E-state index is 0.103. The fraction of sp³-hybridized carbons (Fsp3) is 0.500. The van der Waals surface area contributed by atoms with Crippen molar-refractivity contribution in [3.8, 4) is 0 Å². The van der Waals surface area contributed by atoms with Crippen molar-refractivity contribution in [1.29, 1.82) is 0 Å². The molecule has 1 aromatic heterocycles. The van der Waals surface area contributed by atoms with Crippen molar-refractivity contribution in [2.24, 2.45) is 0 Å². The summed E-state index contributed by atoms with van der Waals surface area (Å²) in [5.41, 5.74) is 2.78. The SMILES string of the molecule is CC(C)(C)c1nc(CNCC2(O)CCc3ccccc32)cs1. The fourth-order valence-electron chi connectivity index (χ4n) is 2.98. The summed E-state index contributed by atoms with van der Waals surface area (Å²) >= 11 is 1.71. The Kier molecular flexibility index (Phi) is 4.10. The third-order valence-electron chi connectivity index (χ3n) is 4.24. The number of nitrogens with one attached hydrogen (secondary N) is 1. The molecule has 1 aromatic carbocycles. The molecule has 0 saturated heterocycles. The van der Waals surface area contributed by atoms with E-state index >= 15 is 0 Å². The van der Waals surface area contributed by atoms with E-state index < -0.39 is 5.60 Å². The number of aryl methyl sites for hydroxylation is 1. The van der Waals surface area contributed by atoms with Crippen LogP contribution in [0.4, 0.5) is 0 Å². The van der Waals surface area contributed by atoms with Crippen LogP contribution in [0.2, 0.25) is 0 Å². The lowest BCUT2D eigenvalue weighted by Crippen LogP contribution is -2.36. The molecule has 0 bridgehead atoms. The first-order valence-electron chi connectivity index (χ1n) is 7.85. The quantitative estimate of drug-likeness (QED) is 0.909. The van der Waals surface area contributed by atoms with Crippen molar-refractivity contribution in [2.75, 3.05) is 6.54 Å². The monoisotopic (exact) mass is 316 g/mol. The highest BCUT2D eigenvalue weighted by atomic mass is 32.1. The Bertz CT molecular complexity index is 659. The first kappa shape index (κ1) is 15.7. The summed E-state index contributed by atoms with van der Waals surface area (Å²) < 4.78 is 0. The average molecular weight is 316 g/mol. The van der Waals surface area contributed by atoms with Crippen LogP contribution in [0.1, 0.15) is 49.0 Å². The van der Waals surface area contributed by atoms with Gasteiger partial charge in [0, 0.05) is 23.9 Å². The van der Waals surface area contributed by atoms with E-state index in [9.17, 15) is 5.11 Å². The van der Waals surface area contributed by atoms with Gasteiger partial charge in [0.25, 0.3) is 0 Å². The summed E-state index contributed by atoms with van der Waals surface area (Å²) in [5.74, 6) is 0. The molecular formula is C18H24N2OS. The Labute approximate surface area is 136 Å². The van der Waals surface area contributed by atoms with Crippen molar-refractivity contribution < 1.29 is 5.11 Å². The molecule has 2 N–H and O–H groups in total. The van der Waals surface area contributed by atoms with Crippen LogP contribution in [-0.2, 0) is 24.0 Å². The number of aliphatic hydroxyl groups is 1. The molecule has 3 rings (SSSR count). The van der Waals surface area contributed by atoms with Gasteiger partial charge < -0.3 is 10.4 Å². The summed E-state index contributed by atoms with van der Waals surface area (Å²) in [4.78, 5) is 4.69. The fourth-order valence-corrected chi connectivity index (χ4v) is 3.89. The Balaban J connectivity index is 1.61. The van der Waals surface area contributed by atoms with Crippen molar-refractivity contribution in [3.05, 3.63) is 51.5 Å². The van der Waals surface area contributed by atoms with E-state index in [2.05, 4.69) is 42.5 Å². The summed E-state index contributed by atoms with van der Waals surface area (Å²) in [6, 6.07) is 8.21. The van der Waals surface area contributed by atoms with E-state index in [0.717, 1.165) is 29.1 Å². The molecule has 3 nitrogen and oxygen atoms in total. The highest BCUT2D eigenvalue weighted by Crippen LogP contribution is 2.36. The van der Waals surface area contributed by atoms with Gasteiger partial charge in [-0.25, -0.2) is 4.98 Å². The maximum absolute atomic E-state index is 10.9. The minimum Gasteiger partial charge on any atom is -0.384 e. The third-order valence-corrected chi connectivity index (χ3v) is 5.56. The van der Waals surface area contributed by atoms with Gasteiger partial charge >= 0.3 is 0 Å². The molecule has 2 aromatic rings. The van der Waals surface area contributed by atoms with Crippen LogP contribution in [0.15, 0.2) is 29.6 Å². The van der Waals surface area contributed by atoms with Crippen LogP contribution >= 0.6 is 11.3 Å². The maximum Gasteiger partial charge on any atom is 0.103 e. The van der Waals surface area contributed by atoms with Crippen LogP contribution in [0.5, 0.6) is 0 Å². The number of hydrogen-bond donors (Lipinski definition) is 2. The van der Waals surface area contributed by atoms with E-state index in [-0.39, 0.29) is 5.41 Å². The number of benzene rings is 1. The zero-order valence-corrected chi connectivity index (χ0v) is 14.3. The Morgan fingerprint density at radius 1 is 1.32 bits per heavy atom. The number of hydrogen-bond acceptors (Lipinski definition) is 4. The smallest absolute Gasteiger partial charge is 0.103 e. The van der Waals surface area contributed by atoms with Gasteiger partial charge in [0.1, 0.15) is 5.60 Å². The highest BCUT2D eigenvalue weighted by Gasteiger charge is 2.35. The first-order valence-corrected chi connectivity index (χ1v) is 8.73. The van der Waals surface area contributed by atoms with Crippen LogP contribution in [0.3, 0.4) is 0 Å². The normalized spacial score (nSPS) is 21.1. The van der Waals surface area contributed by atoms with Crippen molar-refractivity contribution in [1.82, 2.24) is 10.3 Å². The lowest BCUT2D eigenvalue weighted by Gasteiger charge is -2.24. The zero-order chi connectivity index (χ0) is 15.8. The van der Waals surface area contributed by atoms with E-state index in [1.165, 1.54) is 5.56 Å². The molecule has 1 unspecified atom stereocenters. The van der Waals surface area contributed by atoms with Gasteiger partial charge in [0.2, 0.25) is 0 Å². The van der Waals surface area contributed by atoms with Crippen LogP contribution in [0.25, 0.3) is 0 Å². The molecule has 22 heavy (non-hydrogen) atoms. The summed E-state index contributed by atoms with van der Waals surface area (Å²) in [6.45, 7) is 7.83. The molecule has 0 radical (unpaired) electrons. The molecule has 0 fully saturated rings. The minimum atomic E-state index is -0.737. The molecule has 0 saturated carbocycles. The van der Waals surface area contributed by atoms with E-state index in [0.29, 0.717) is 13.1 Å². The van der Waals surface area contributed by atoms with Crippen LogP contribution in [-0.4, -0.2) is 16.6 Å². The number of nitrogens with zero attached hydrogens (tertiary/aromatic N) is 1. The molecule has 0 amide bonds. The third kappa shape index (κ3) is 3.09. The number of fused-ring (bicyclic) bond motifs is 1. The second kappa shape index (κ2) is 5.76. The van der Waals surface area contributed by atoms with Gasteiger partial charge in [-0.1, -0.05) is 45.0 Å². The molecule has 1 aliphatic rings. The summed E-state index contributed by atoms with van der Waals surface area (Å²) in [6.07, 6.45) is 1.75. The maximum atomic E-state index is 10.9. The molecule has 1 heterocycles. The van der Waals surface area contributed by atoms with Gasteiger partial charge in [-0.2, -0.15) is 0 Å². The Morgan fingerprint density at radius 2 is 2.09 bits per heavy atom. The summed E-state index contributed by atoms with van der Waals surface area (Å²) in [5, 5.41) is 17.5. The van der Waals surface area contributed by atoms with Gasteiger partial charge in [0.05, 0.1) is 10.7 Å². The van der Waals surface area contributed by atoms with Crippen LogP contribution < -0.4 is 5.32 Å². The molecule has 1 aliphatic carbocycles. The molecule has 0 spiro atoms. The average Bonchev–Trinajstić information content (AvgIpc) is 3.06. The Morgan fingerprint density at radius 3 is 2.82 bits per heavy atom. The van der Waals surface area contributed by atoms with Crippen molar-refractivity contribution in [2.45, 2.75) is 51.2 Å². The zero-order valence-electron chi connectivity index (χ0n) is 13.5. The molecule has 0 aliphatic heterocycles. The molecule has 1 atom stereocenters. The van der Waals surface area contributed by atoms with Gasteiger partial charge in [0.15, 0.2) is 0 Å². The number of rotatable bonds is 4.